The Morgan fingerprint density at radius 3 is 2.33 bits per heavy atom. The van der Waals surface area contributed by atoms with Gasteiger partial charge in [-0.15, -0.1) is 0 Å². The number of amides is 1. The topological polar surface area (TPSA) is 121 Å². The number of carboxylic acids is 1. The fraction of sp³-hybridized carbons (Fsp3) is 0.158. The summed E-state index contributed by atoms with van der Waals surface area (Å²) in [7, 11) is 0. The molecule has 0 spiro atoms. The number of aliphatic carboxylic acids is 1. The summed E-state index contributed by atoms with van der Waals surface area (Å²) < 4.78 is 0.779. The van der Waals surface area contributed by atoms with Crippen molar-refractivity contribution in [1.29, 1.82) is 0 Å². The molecule has 0 aliphatic carbocycles. The molecule has 2 unspecified atom stereocenters. The predicted molar refractivity (Wildman–Crippen MR) is 98.5 cm³/mol. The number of carboxylic acid groups (broad SMARTS) is 1. The summed E-state index contributed by atoms with van der Waals surface area (Å²) in [6, 6.07) is 12.1. The van der Waals surface area contributed by atoms with Crippen LogP contribution in [0.3, 0.4) is 0 Å². The third kappa shape index (κ3) is 3.50. The minimum atomic E-state index is -1.30. The predicted octanol–water partition coefficient (Wildman–Crippen LogP) is 1.19. The van der Waals surface area contributed by atoms with E-state index in [1.807, 2.05) is 0 Å². The van der Waals surface area contributed by atoms with Crippen molar-refractivity contribution in [2.75, 3.05) is 0 Å². The van der Waals surface area contributed by atoms with Crippen molar-refractivity contribution >= 4 is 22.8 Å². The second-order valence-corrected chi connectivity index (χ2v) is 6.02. The summed E-state index contributed by atoms with van der Waals surface area (Å²) in [5.41, 5.74) is -0.620. The summed E-state index contributed by atoms with van der Waals surface area (Å²) >= 11 is 0. The van der Waals surface area contributed by atoms with Gasteiger partial charge >= 0.3 is 11.7 Å². The van der Waals surface area contributed by atoms with Gasteiger partial charge in [-0.25, -0.2) is 14.2 Å². The molecule has 1 heterocycles. The highest BCUT2D eigenvalue weighted by Crippen LogP contribution is 2.14. The van der Waals surface area contributed by atoms with Crippen molar-refractivity contribution < 1.29 is 14.7 Å². The van der Waals surface area contributed by atoms with Crippen LogP contribution in [0.4, 0.5) is 0 Å². The maximum absolute atomic E-state index is 12.6. The SMILES string of the molecule is CC(C(=O)NC(C(=O)O)c1ccccc1)n1c(=O)[nH]c2ccccc2c1=O. The summed E-state index contributed by atoms with van der Waals surface area (Å²) in [6.45, 7) is 1.37. The van der Waals surface area contributed by atoms with E-state index in [4.69, 9.17) is 0 Å². The average molecular weight is 367 g/mol. The Labute approximate surface area is 153 Å². The van der Waals surface area contributed by atoms with Crippen LogP contribution >= 0.6 is 0 Å². The molecule has 0 radical (unpaired) electrons. The van der Waals surface area contributed by atoms with Gasteiger partial charge in [0.05, 0.1) is 10.9 Å². The maximum atomic E-state index is 12.6. The quantitative estimate of drug-likeness (QED) is 0.625. The van der Waals surface area contributed by atoms with E-state index in [1.54, 1.807) is 54.6 Å². The normalized spacial score (nSPS) is 13.1. The Balaban J connectivity index is 1.96. The zero-order chi connectivity index (χ0) is 19.6. The van der Waals surface area contributed by atoms with Gasteiger partial charge in [0.15, 0.2) is 6.04 Å². The molecule has 0 saturated carbocycles. The van der Waals surface area contributed by atoms with Crippen molar-refractivity contribution in [3.05, 3.63) is 81.0 Å². The van der Waals surface area contributed by atoms with Gasteiger partial charge < -0.3 is 15.4 Å². The number of para-hydroxylation sites is 1. The van der Waals surface area contributed by atoms with Crippen LogP contribution < -0.4 is 16.6 Å². The van der Waals surface area contributed by atoms with Crippen LogP contribution in [0, 0.1) is 0 Å². The molecule has 2 atom stereocenters. The van der Waals surface area contributed by atoms with Crippen molar-refractivity contribution in [3.63, 3.8) is 0 Å². The third-order valence-corrected chi connectivity index (χ3v) is 4.27. The first-order chi connectivity index (χ1) is 12.9. The van der Waals surface area contributed by atoms with Gasteiger partial charge in [0.25, 0.3) is 5.56 Å². The number of carbonyl (C=O) groups excluding carboxylic acids is 1. The first-order valence-electron chi connectivity index (χ1n) is 8.22. The molecule has 0 bridgehead atoms. The number of rotatable bonds is 5. The third-order valence-electron chi connectivity index (χ3n) is 4.27. The molecule has 138 valence electrons. The molecule has 1 aromatic heterocycles. The Morgan fingerprint density at radius 1 is 1.04 bits per heavy atom. The number of aromatic nitrogens is 2. The van der Waals surface area contributed by atoms with Gasteiger partial charge in [0.1, 0.15) is 6.04 Å². The highest BCUT2D eigenvalue weighted by molar-refractivity contribution is 5.87. The van der Waals surface area contributed by atoms with Crippen molar-refractivity contribution in [1.82, 2.24) is 14.9 Å². The number of benzene rings is 2. The molecule has 8 heteroatoms. The number of fused-ring (bicyclic) bond motifs is 1. The number of hydrogen-bond acceptors (Lipinski definition) is 4. The smallest absolute Gasteiger partial charge is 0.330 e. The Morgan fingerprint density at radius 2 is 1.67 bits per heavy atom. The molecule has 3 rings (SSSR count). The molecule has 0 saturated heterocycles. The van der Waals surface area contributed by atoms with Crippen LogP contribution in [-0.2, 0) is 9.59 Å². The second kappa shape index (κ2) is 7.28. The first kappa shape index (κ1) is 18.1. The van der Waals surface area contributed by atoms with Crippen molar-refractivity contribution in [3.8, 4) is 0 Å². The molecular weight excluding hydrogens is 350 g/mol. The molecule has 0 aliphatic heterocycles. The Bertz CT molecular complexity index is 1120. The number of carbonyl (C=O) groups is 2. The Kier molecular flexibility index (Phi) is 4.89. The molecule has 0 aliphatic rings. The van der Waals surface area contributed by atoms with Crippen LogP contribution in [0.15, 0.2) is 64.2 Å². The fourth-order valence-corrected chi connectivity index (χ4v) is 2.84. The molecule has 0 fully saturated rings. The van der Waals surface area contributed by atoms with Gasteiger partial charge in [-0.2, -0.15) is 0 Å². The van der Waals surface area contributed by atoms with Crippen LogP contribution in [0.1, 0.15) is 24.6 Å². The second-order valence-electron chi connectivity index (χ2n) is 6.02. The van der Waals surface area contributed by atoms with Gasteiger partial charge in [-0.3, -0.25) is 9.59 Å². The van der Waals surface area contributed by atoms with Gasteiger partial charge in [-0.05, 0) is 24.6 Å². The zero-order valence-corrected chi connectivity index (χ0v) is 14.4. The van der Waals surface area contributed by atoms with Crippen LogP contribution in [-0.4, -0.2) is 26.5 Å². The largest absolute Gasteiger partial charge is 0.479 e. The molecule has 3 aromatic rings. The molecule has 2 aromatic carbocycles. The van der Waals surface area contributed by atoms with E-state index in [1.165, 1.54) is 6.92 Å². The zero-order valence-electron chi connectivity index (χ0n) is 14.4. The van der Waals surface area contributed by atoms with Gasteiger partial charge in [-0.1, -0.05) is 42.5 Å². The summed E-state index contributed by atoms with van der Waals surface area (Å²) in [5.74, 6) is -2.00. The van der Waals surface area contributed by atoms with Gasteiger partial charge in [0, 0.05) is 0 Å². The van der Waals surface area contributed by atoms with E-state index in [0.717, 1.165) is 4.57 Å². The lowest BCUT2D eigenvalue weighted by Crippen LogP contribution is -2.45. The molecule has 3 N–H and O–H groups in total. The van der Waals surface area contributed by atoms with E-state index in [9.17, 15) is 24.3 Å². The summed E-state index contributed by atoms with van der Waals surface area (Å²) in [6.07, 6.45) is 0. The van der Waals surface area contributed by atoms with E-state index < -0.39 is 35.2 Å². The molecule has 8 nitrogen and oxygen atoms in total. The maximum Gasteiger partial charge on any atom is 0.330 e. The van der Waals surface area contributed by atoms with Crippen LogP contribution in [0.2, 0.25) is 0 Å². The number of hydrogen-bond donors (Lipinski definition) is 3. The minimum absolute atomic E-state index is 0.259. The van der Waals surface area contributed by atoms with E-state index in [-0.39, 0.29) is 5.39 Å². The summed E-state index contributed by atoms with van der Waals surface area (Å²) in [5, 5.41) is 12.1. The monoisotopic (exact) mass is 367 g/mol. The highest BCUT2D eigenvalue weighted by Gasteiger charge is 2.27. The fourth-order valence-electron chi connectivity index (χ4n) is 2.84. The van der Waals surface area contributed by atoms with Crippen LogP contribution in [0.25, 0.3) is 10.9 Å². The van der Waals surface area contributed by atoms with E-state index in [0.29, 0.717) is 11.1 Å². The molecular formula is C19H17N3O5. The highest BCUT2D eigenvalue weighted by atomic mass is 16.4. The number of nitrogens with zero attached hydrogens (tertiary/aromatic N) is 1. The lowest BCUT2D eigenvalue weighted by Gasteiger charge is -2.19. The van der Waals surface area contributed by atoms with Crippen LogP contribution in [0.5, 0.6) is 0 Å². The van der Waals surface area contributed by atoms with Gasteiger partial charge in [0.2, 0.25) is 5.91 Å². The Hall–Kier alpha value is -3.68. The first-order valence-corrected chi connectivity index (χ1v) is 8.22. The number of nitrogens with one attached hydrogen (secondary N) is 2. The number of H-pyrrole nitrogens is 1. The van der Waals surface area contributed by atoms with Crippen molar-refractivity contribution in [2.24, 2.45) is 0 Å². The molecule has 1 amide bonds. The summed E-state index contributed by atoms with van der Waals surface area (Å²) in [4.78, 5) is 51.6. The lowest BCUT2D eigenvalue weighted by atomic mass is 10.1. The standard InChI is InChI=1S/C19H17N3O5/c1-11(16(23)21-15(18(25)26)12-7-3-2-4-8-12)22-17(24)13-9-5-6-10-14(13)20-19(22)27/h2-11,15H,1H3,(H,20,27)(H,21,23)(H,25,26). The number of aromatic amines is 1. The average Bonchev–Trinajstić information content (AvgIpc) is 2.66. The van der Waals surface area contributed by atoms with Crippen molar-refractivity contribution in [2.45, 2.75) is 19.0 Å². The van der Waals surface area contributed by atoms with E-state index in [2.05, 4.69) is 10.3 Å². The molecule has 27 heavy (non-hydrogen) atoms. The lowest BCUT2D eigenvalue weighted by molar-refractivity contribution is -0.142. The minimum Gasteiger partial charge on any atom is -0.479 e. The van der Waals surface area contributed by atoms with E-state index >= 15 is 0 Å².